The summed E-state index contributed by atoms with van der Waals surface area (Å²) in [5, 5.41) is -0.512. The van der Waals surface area contributed by atoms with Crippen LogP contribution in [0.15, 0.2) is 24.3 Å². The average molecular weight is 215 g/mol. The van der Waals surface area contributed by atoms with E-state index in [0.717, 1.165) is 6.42 Å². The molecule has 0 aliphatic heterocycles. The standard InChI is InChI=1S/C11H12ClFO/c1-2-3-10(13)8-4-6-9(7-5-8)11(12)14/h4-7,10H,2-3H2,1H3. The van der Waals surface area contributed by atoms with Gasteiger partial charge in [-0.2, -0.15) is 0 Å². The van der Waals surface area contributed by atoms with Gasteiger partial charge in [0.2, 0.25) is 0 Å². The zero-order chi connectivity index (χ0) is 10.6. The van der Waals surface area contributed by atoms with Crippen molar-refractivity contribution < 1.29 is 9.18 Å². The van der Waals surface area contributed by atoms with Gasteiger partial charge in [0.1, 0.15) is 6.17 Å². The highest BCUT2D eigenvalue weighted by Crippen LogP contribution is 2.22. The van der Waals surface area contributed by atoms with Crippen molar-refractivity contribution in [3.05, 3.63) is 35.4 Å². The smallest absolute Gasteiger partial charge is 0.252 e. The fourth-order valence-electron chi connectivity index (χ4n) is 1.24. The number of carbonyl (C=O) groups is 1. The van der Waals surface area contributed by atoms with Gasteiger partial charge < -0.3 is 0 Å². The topological polar surface area (TPSA) is 17.1 Å². The summed E-state index contributed by atoms with van der Waals surface area (Å²) in [6.07, 6.45) is 0.366. The molecular formula is C11H12ClFO. The van der Waals surface area contributed by atoms with Crippen LogP contribution in [0.2, 0.25) is 0 Å². The van der Waals surface area contributed by atoms with E-state index in [4.69, 9.17) is 11.6 Å². The lowest BCUT2D eigenvalue weighted by Gasteiger charge is -2.06. The van der Waals surface area contributed by atoms with Gasteiger partial charge in [-0.1, -0.05) is 25.5 Å². The van der Waals surface area contributed by atoms with Crippen molar-refractivity contribution in [1.29, 1.82) is 0 Å². The third kappa shape index (κ3) is 2.81. The molecule has 0 amide bonds. The molecule has 0 bridgehead atoms. The highest BCUT2D eigenvalue weighted by Gasteiger charge is 2.09. The molecule has 0 aromatic heterocycles. The van der Waals surface area contributed by atoms with Gasteiger partial charge in [0, 0.05) is 5.56 Å². The lowest BCUT2D eigenvalue weighted by molar-refractivity contribution is 0.108. The van der Waals surface area contributed by atoms with E-state index in [9.17, 15) is 9.18 Å². The summed E-state index contributed by atoms with van der Waals surface area (Å²) >= 11 is 5.26. The van der Waals surface area contributed by atoms with Gasteiger partial charge in [0.25, 0.3) is 5.24 Å². The SMILES string of the molecule is CCCC(F)c1ccc(C(=O)Cl)cc1. The minimum absolute atomic E-state index is 0.402. The van der Waals surface area contributed by atoms with Crippen LogP contribution in [0.4, 0.5) is 4.39 Å². The third-order valence-corrected chi connectivity index (χ3v) is 2.26. The Kier molecular flexibility index (Phi) is 4.08. The van der Waals surface area contributed by atoms with E-state index in [0.29, 0.717) is 17.5 Å². The van der Waals surface area contributed by atoms with Crippen LogP contribution in [-0.2, 0) is 0 Å². The maximum Gasteiger partial charge on any atom is 0.252 e. The van der Waals surface area contributed by atoms with Crippen LogP contribution in [0.1, 0.15) is 41.9 Å². The van der Waals surface area contributed by atoms with Gasteiger partial charge in [-0.25, -0.2) is 4.39 Å². The Bertz CT molecular complexity index is 308. The molecule has 3 heteroatoms. The van der Waals surface area contributed by atoms with Gasteiger partial charge in [0.05, 0.1) is 0 Å². The van der Waals surface area contributed by atoms with Crippen LogP contribution in [-0.4, -0.2) is 5.24 Å². The first-order valence-electron chi connectivity index (χ1n) is 4.59. The summed E-state index contributed by atoms with van der Waals surface area (Å²) in [6.45, 7) is 1.93. The predicted molar refractivity (Wildman–Crippen MR) is 55.4 cm³/mol. The fraction of sp³-hybridized carbons (Fsp3) is 0.364. The lowest BCUT2D eigenvalue weighted by atomic mass is 10.1. The second-order valence-electron chi connectivity index (χ2n) is 3.15. The zero-order valence-electron chi connectivity index (χ0n) is 7.97. The molecule has 1 atom stereocenters. The minimum atomic E-state index is -0.945. The van der Waals surface area contributed by atoms with Crippen LogP contribution in [0, 0.1) is 0 Å². The second-order valence-corrected chi connectivity index (χ2v) is 3.50. The Hall–Kier alpha value is -0.890. The molecule has 1 rings (SSSR count). The molecule has 0 aliphatic rings. The van der Waals surface area contributed by atoms with Gasteiger partial charge in [0.15, 0.2) is 0 Å². The summed E-state index contributed by atoms with van der Waals surface area (Å²) in [5.74, 6) is 0. The van der Waals surface area contributed by atoms with Crippen molar-refractivity contribution in [2.45, 2.75) is 25.9 Å². The zero-order valence-corrected chi connectivity index (χ0v) is 8.72. The van der Waals surface area contributed by atoms with E-state index in [1.54, 1.807) is 24.3 Å². The molecule has 1 aromatic rings. The maximum atomic E-state index is 13.4. The average Bonchev–Trinajstić information content (AvgIpc) is 2.18. The van der Waals surface area contributed by atoms with Gasteiger partial charge in [-0.3, -0.25) is 4.79 Å². The summed E-state index contributed by atoms with van der Waals surface area (Å²) in [6, 6.07) is 6.31. The van der Waals surface area contributed by atoms with E-state index in [1.165, 1.54) is 0 Å². The Morgan fingerprint density at radius 2 is 2.00 bits per heavy atom. The van der Waals surface area contributed by atoms with Crippen molar-refractivity contribution in [3.63, 3.8) is 0 Å². The summed E-state index contributed by atoms with van der Waals surface area (Å²) in [5.41, 5.74) is 1.01. The van der Waals surface area contributed by atoms with Crippen LogP contribution < -0.4 is 0 Å². The number of halogens is 2. The monoisotopic (exact) mass is 214 g/mol. The molecule has 0 saturated carbocycles. The van der Waals surface area contributed by atoms with E-state index < -0.39 is 11.4 Å². The number of alkyl halides is 1. The van der Waals surface area contributed by atoms with Crippen molar-refractivity contribution in [1.82, 2.24) is 0 Å². The molecule has 0 spiro atoms. The highest BCUT2D eigenvalue weighted by molar-refractivity contribution is 6.67. The normalized spacial score (nSPS) is 12.5. The van der Waals surface area contributed by atoms with Gasteiger partial charge in [-0.05, 0) is 35.7 Å². The largest absolute Gasteiger partial charge is 0.276 e. The van der Waals surface area contributed by atoms with Crippen LogP contribution >= 0.6 is 11.6 Å². The summed E-state index contributed by atoms with van der Waals surface area (Å²) in [7, 11) is 0. The number of rotatable bonds is 4. The van der Waals surface area contributed by atoms with Crippen molar-refractivity contribution in [2.75, 3.05) is 0 Å². The van der Waals surface area contributed by atoms with Crippen molar-refractivity contribution in [3.8, 4) is 0 Å². The molecule has 1 nitrogen and oxygen atoms in total. The molecule has 1 aromatic carbocycles. The third-order valence-electron chi connectivity index (χ3n) is 2.04. The number of hydrogen-bond donors (Lipinski definition) is 0. The van der Waals surface area contributed by atoms with Gasteiger partial charge in [-0.15, -0.1) is 0 Å². The van der Waals surface area contributed by atoms with E-state index in [2.05, 4.69) is 0 Å². The van der Waals surface area contributed by atoms with Crippen LogP contribution in [0.25, 0.3) is 0 Å². The first kappa shape index (κ1) is 11.2. The van der Waals surface area contributed by atoms with Crippen molar-refractivity contribution in [2.24, 2.45) is 0 Å². The lowest BCUT2D eigenvalue weighted by Crippen LogP contribution is -1.93. The number of carbonyl (C=O) groups excluding carboxylic acids is 1. The number of benzene rings is 1. The molecule has 0 saturated heterocycles. The van der Waals surface area contributed by atoms with E-state index in [-0.39, 0.29) is 0 Å². The summed E-state index contributed by atoms with van der Waals surface area (Å²) < 4.78 is 13.4. The molecular weight excluding hydrogens is 203 g/mol. The predicted octanol–water partition coefficient (Wildman–Crippen LogP) is 3.88. The first-order chi connectivity index (χ1) is 6.65. The molecule has 14 heavy (non-hydrogen) atoms. The second kappa shape index (κ2) is 5.11. The van der Waals surface area contributed by atoms with Gasteiger partial charge >= 0.3 is 0 Å². The Labute approximate surface area is 87.9 Å². The first-order valence-corrected chi connectivity index (χ1v) is 4.96. The number of hydrogen-bond acceptors (Lipinski definition) is 1. The van der Waals surface area contributed by atoms with Crippen LogP contribution in [0.5, 0.6) is 0 Å². The molecule has 0 fully saturated rings. The Morgan fingerprint density at radius 3 is 2.43 bits per heavy atom. The Morgan fingerprint density at radius 1 is 1.43 bits per heavy atom. The maximum absolute atomic E-state index is 13.4. The molecule has 1 unspecified atom stereocenters. The fourth-order valence-corrected chi connectivity index (χ4v) is 1.37. The quantitative estimate of drug-likeness (QED) is 0.696. The summed E-state index contributed by atoms with van der Waals surface area (Å²) in [4.78, 5) is 10.7. The van der Waals surface area contributed by atoms with E-state index >= 15 is 0 Å². The van der Waals surface area contributed by atoms with E-state index in [1.807, 2.05) is 6.92 Å². The minimum Gasteiger partial charge on any atom is -0.276 e. The molecule has 0 radical (unpaired) electrons. The molecule has 76 valence electrons. The molecule has 0 N–H and O–H groups in total. The van der Waals surface area contributed by atoms with Crippen molar-refractivity contribution >= 4 is 16.8 Å². The molecule has 0 heterocycles. The molecule has 0 aliphatic carbocycles. The highest BCUT2D eigenvalue weighted by atomic mass is 35.5. The van der Waals surface area contributed by atoms with Crippen LogP contribution in [0.3, 0.4) is 0 Å². The Balaban J connectivity index is 2.77.